The predicted octanol–water partition coefficient (Wildman–Crippen LogP) is 2.94. The van der Waals surface area contributed by atoms with Crippen molar-refractivity contribution in [1.82, 2.24) is 0 Å². The Kier molecular flexibility index (Phi) is 7.35. The first-order valence-corrected chi connectivity index (χ1v) is 6.69. The lowest BCUT2D eigenvalue weighted by Crippen LogP contribution is -1.98. The number of allylic oxidation sites excluding steroid dienone is 1. The molecule has 0 nitrogen and oxygen atoms in total. The summed E-state index contributed by atoms with van der Waals surface area (Å²) in [4.78, 5) is 0. The van der Waals surface area contributed by atoms with Crippen LogP contribution in [0.15, 0.2) is 12.7 Å². The van der Waals surface area contributed by atoms with E-state index in [4.69, 9.17) is 11.1 Å². The molecule has 0 aromatic carbocycles. The van der Waals surface area contributed by atoms with Gasteiger partial charge in [0.1, 0.15) is 8.11 Å². The van der Waals surface area contributed by atoms with E-state index < -0.39 is 14.3 Å². The van der Waals surface area contributed by atoms with Gasteiger partial charge in [0.15, 0.2) is 0 Å². The summed E-state index contributed by atoms with van der Waals surface area (Å²) >= 11 is 5.41. The van der Waals surface area contributed by atoms with E-state index in [1.165, 1.54) is 0 Å². The number of alkyl halides is 3. The van der Waals surface area contributed by atoms with E-state index in [2.05, 4.69) is 19.7 Å². The number of hydrogen-bond acceptors (Lipinski definition) is 0. The van der Waals surface area contributed by atoms with Crippen molar-refractivity contribution in [3.05, 3.63) is 12.7 Å². The van der Waals surface area contributed by atoms with Gasteiger partial charge in [0.25, 0.3) is 0 Å². The third-order valence-electron chi connectivity index (χ3n) is 0.231. The Hall–Kier alpha value is 0.0369. The molecule has 0 radical (unpaired) electrons. The largest absolute Gasteiger partial charge is 0.409 e. The van der Waals surface area contributed by atoms with Crippen LogP contribution in [-0.4, -0.2) is 14.3 Å². The molecule has 0 aromatic rings. The molecule has 0 N–H and O–H groups in total. The molecule has 62 valence electrons. The molecular formula is C5H10ClF3Si. The molecule has 10 heavy (non-hydrogen) atoms. The Morgan fingerprint density at radius 1 is 1.40 bits per heavy atom. The second-order valence-electron chi connectivity index (χ2n) is 1.76. The van der Waals surface area contributed by atoms with E-state index in [-0.39, 0.29) is 6.08 Å². The molecule has 0 amide bonds. The highest BCUT2D eigenvalue weighted by Crippen LogP contribution is 2.13. The molecular weight excluding hydrogens is 181 g/mol. The van der Waals surface area contributed by atoms with Crippen LogP contribution in [0, 0.1) is 0 Å². The van der Waals surface area contributed by atoms with Gasteiger partial charge in [0.2, 0.25) is 0 Å². The minimum atomic E-state index is -4.19. The van der Waals surface area contributed by atoms with E-state index in [0.29, 0.717) is 0 Å². The van der Waals surface area contributed by atoms with Gasteiger partial charge in [-0.05, 0) is 0 Å². The lowest BCUT2D eigenvalue weighted by atomic mass is 10.6. The summed E-state index contributed by atoms with van der Waals surface area (Å²) in [5.41, 5.74) is 0. The molecule has 0 saturated carbocycles. The van der Waals surface area contributed by atoms with Gasteiger partial charge in [-0.1, -0.05) is 19.7 Å². The van der Waals surface area contributed by atoms with Crippen LogP contribution in [0.1, 0.15) is 0 Å². The Labute approximate surface area is 65.0 Å². The van der Waals surface area contributed by atoms with E-state index in [9.17, 15) is 13.2 Å². The molecule has 0 fully saturated rings. The predicted molar refractivity (Wildman–Crippen MR) is 41.0 cm³/mol. The quantitative estimate of drug-likeness (QED) is 0.313. The van der Waals surface area contributed by atoms with Crippen LogP contribution in [0.25, 0.3) is 0 Å². The topological polar surface area (TPSA) is 0 Å². The average molecular weight is 191 g/mol. The molecule has 0 rings (SSSR count). The molecule has 0 aliphatic heterocycles. The molecule has 0 atom stereocenters. The van der Waals surface area contributed by atoms with Crippen LogP contribution in [-0.2, 0) is 0 Å². The Balaban J connectivity index is 0. The van der Waals surface area contributed by atoms with Crippen molar-refractivity contribution in [1.29, 1.82) is 0 Å². The Morgan fingerprint density at radius 3 is 1.50 bits per heavy atom. The van der Waals surface area contributed by atoms with Crippen molar-refractivity contribution in [2.75, 3.05) is 0 Å². The summed E-state index contributed by atoms with van der Waals surface area (Å²) in [6, 6.07) is 0. The van der Waals surface area contributed by atoms with Gasteiger partial charge in [-0.25, -0.2) is 0 Å². The van der Waals surface area contributed by atoms with Crippen molar-refractivity contribution in [3.8, 4) is 0 Å². The third kappa shape index (κ3) is 43.2. The first kappa shape index (κ1) is 12.7. The van der Waals surface area contributed by atoms with Gasteiger partial charge in [0, 0.05) is 6.08 Å². The molecule has 0 unspecified atom stereocenters. The molecule has 0 saturated heterocycles. The summed E-state index contributed by atoms with van der Waals surface area (Å²) in [7, 11) is -0.667. The lowest BCUT2D eigenvalue weighted by molar-refractivity contribution is -0.0795. The zero-order chi connectivity index (χ0) is 8.78. The SMILES string of the molecule is C=CC(F)(F)F.C[SiH](C)Cl. The van der Waals surface area contributed by atoms with Crippen LogP contribution < -0.4 is 0 Å². The highest BCUT2D eigenvalue weighted by atomic mass is 35.6. The highest BCUT2D eigenvalue weighted by Gasteiger charge is 2.19. The van der Waals surface area contributed by atoms with Crippen LogP contribution in [0.4, 0.5) is 13.2 Å². The minimum absolute atomic E-state index is 0.0625. The summed E-state index contributed by atoms with van der Waals surface area (Å²) < 4.78 is 32.0. The van der Waals surface area contributed by atoms with Crippen LogP contribution in [0.2, 0.25) is 13.1 Å². The second kappa shape index (κ2) is 5.79. The first-order chi connectivity index (χ1) is 4.29. The summed E-state index contributed by atoms with van der Waals surface area (Å²) in [5.74, 6) is 0. The Bertz CT molecular complexity index is 86.6. The molecule has 0 aromatic heterocycles. The molecule has 0 bridgehead atoms. The van der Waals surface area contributed by atoms with Crippen LogP contribution >= 0.6 is 11.1 Å². The lowest BCUT2D eigenvalue weighted by Gasteiger charge is -1.91. The summed E-state index contributed by atoms with van der Waals surface area (Å²) in [5, 5.41) is 0. The monoisotopic (exact) mass is 190 g/mol. The maximum absolute atomic E-state index is 10.7. The molecule has 0 aliphatic carbocycles. The summed E-state index contributed by atoms with van der Waals surface area (Å²) in [6.45, 7) is 6.65. The average Bonchev–Trinajstić information content (AvgIpc) is 1.63. The van der Waals surface area contributed by atoms with Crippen molar-refractivity contribution in [2.24, 2.45) is 0 Å². The number of halogens is 4. The highest BCUT2D eigenvalue weighted by molar-refractivity contribution is 7.05. The fraction of sp³-hybridized carbons (Fsp3) is 0.600. The van der Waals surface area contributed by atoms with E-state index in [1.54, 1.807) is 0 Å². The number of hydrogen-bond donors (Lipinski definition) is 0. The fourth-order valence-corrected chi connectivity index (χ4v) is 0. The van der Waals surface area contributed by atoms with Gasteiger partial charge in [0.05, 0.1) is 0 Å². The summed E-state index contributed by atoms with van der Waals surface area (Å²) in [6.07, 6.45) is -4.26. The second-order valence-corrected chi connectivity index (χ2v) is 6.41. The van der Waals surface area contributed by atoms with Crippen LogP contribution in [0.3, 0.4) is 0 Å². The van der Waals surface area contributed by atoms with Gasteiger partial charge in [-0.2, -0.15) is 24.3 Å². The first-order valence-electron chi connectivity index (χ1n) is 2.64. The van der Waals surface area contributed by atoms with Gasteiger partial charge < -0.3 is 0 Å². The molecule has 0 heterocycles. The smallest absolute Gasteiger partial charge is 0.172 e. The standard InChI is InChI=1S/C3H3F3.C2H7ClSi/c1-2-3(4,5)6;1-4(2)3/h2H,1H2;4H,1-2H3. The van der Waals surface area contributed by atoms with Crippen molar-refractivity contribution >= 4 is 19.2 Å². The van der Waals surface area contributed by atoms with Crippen molar-refractivity contribution in [2.45, 2.75) is 19.3 Å². The third-order valence-corrected chi connectivity index (χ3v) is 0.231. The minimum Gasteiger partial charge on any atom is -0.172 e. The zero-order valence-electron chi connectivity index (χ0n) is 5.87. The van der Waals surface area contributed by atoms with Crippen molar-refractivity contribution < 1.29 is 13.2 Å². The maximum atomic E-state index is 10.7. The molecule has 0 spiro atoms. The van der Waals surface area contributed by atoms with E-state index >= 15 is 0 Å². The normalized spacial score (nSPS) is 10.3. The molecule has 0 aliphatic rings. The van der Waals surface area contributed by atoms with Crippen molar-refractivity contribution in [3.63, 3.8) is 0 Å². The van der Waals surface area contributed by atoms with Gasteiger partial charge in [-0.15, -0.1) is 0 Å². The van der Waals surface area contributed by atoms with E-state index in [1.807, 2.05) is 0 Å². The number of rotatable bonds is 0. The molecule has 5 heteroatoms. The zero-order valence-corrected chi connectivity index (χ0v) is 7.78. The van der Waals surface area contributed by atoms with Gasteiger partial charge in [-0.3, -0.25) is 0 Å². The van der Waals surface area contributed by atoms with Crippen LogP contribution in [0.5, 0.6) is 0 Å². The maximum Gasteiger partial charge on any atom is 0.409 e. The van der Waals surface area contributed by atoms with E-state index in [0.717, 1.165) is 0 Å². The Morgan fingerprint density at radius 2 is 1.50 bits per heavy atom. The fourth-order valence-electron chi connectivity index (χ4n) is 0. The van der Waals surface area contributed by atoms with Gasteiger partial charge >= 0.3 is 6.18 Å².